The van der Waals surface area contributed by atoms with Gasteiger partial charge in [0.1, 0.15) is 4.88 Å². The van der Waals surface area contributed by atoms with Crippen LogP contribution in [-0.2, 0) is 12.8 Å². The van der Waals surface area contributed by atoms with Crippen molar-refractivity contribution >= 4 is 23.3 Å². The lowest BCUT2D eigenvalue weighted by Gasteiger charge is -2.16. The Hall–Kier alpha value is -2.28. The monoisotopic (exact) mass is 358 g/mol. The molecule has 1 aliphatic rings. The zero-order valence-electron chi connectivity index (χ0n) is 14.3. The number of nitrogens with zero attached hydrogens (tertiary/aromatic N) is 3. The molecule has 1 atom stereocenters. The molecule has 2 aromatic rings. The Morgan fingerprint density at radius 2 is 2.24 bits per heavy atom. The summed E-state index contributed by atoms with van der Waals surface area (Å²) in [6.07, 6.45) is 3.54. The van der Waals surface area contributed by atoms with Crippen molar-refractivity contribution in [1.29, 1.82) is 0 Å². The van der Waals surface area contributed by atoms with Gasteiger partial charge in [-0.05, 0) is 54.4 Å². The molecule has 6 nitrogen and oxygen atoms in total. The zero-order chi connectivity index (χ0) is 17.8. The van der Waals surface area contributed by atoms with Crippen LogP contribution in [0.2, 0.25) is 0 Å². The summed E-state index contributed by atoms with van der Waals surface area (Å²) in [5.74, 6) is 0.0284. The van der Waals surface area contributed by atoms with E-state index in [1.807, 2.05) is 23.1 Å². The van der Waals surface area contributed by atoms with Crippen LogP contribution >= 0.6 is 11.5 Å². The highest BCUT2D eigenvalue weighted by molar-refractivity contribution is 7.08. The number of carbonyl (C=O) groups is 2. The maximum absolute atomic E-state index is 12.7. The van der Waals surface area contributed by atoms with E-state index in [0.29, 0.717) is 16.4 Å². The minimum absolute atomic E-state index is 0.0480. The molecule has 0 saturated carbocycles. The standard InChI is InChI=1S/C18H22N4O2S/c1-2-4-15-16(25-21-20-15)18(24)22-8-7-13(11-22)9-12-5-3-6-14(10-12)17(19)23/h3,5-6,10,13H,2,4,7-9,11H2,1H3,(H2,19,23)/t13-/m1/s1. The Balaban J connectivity index is 1.63. The third kappa shape index (κ3) is 4.04. The van der Waals surface area contributed by atoms with Crippen LogP contribution in [0.5, 0.6) is 0 Å². The Labute approximate surface area is 151 Å². The van der Waals surface area contributed by atoms with E-state index in [-0.39, 0.29) is 5.91 Å². The van der Waals surface area contributed by atoms with Crippen molar-refractivity contribution in [2.75, 3.05) is 13.1 Å². The molecule has 3 rings (SSSR count). The fraction of sp³-hybridized carbons (Fsp3) is 0.444. The van der Waals surface area contributed by atoms with Crippen LogP contribution in [0.25, 0.3) is 0 Å². The first-order chi connectivity index (χ1) is 12.1. The molecule has 1 aromatic carbocycles. The predicted octanol–water partition coefficient (Wildman–Crippen LogP) is 2.29. The molecule has 0 aliphatic carbocycles. The Morgan fingerprint density at radius 3 is 3.00 bits per heavy atom. The summed E-state index contributed by atoms with van der Waals surface area (Å²) < 4.78 is 3.95. The van der Waals surface area contributed by atoms with E-state index in [9.17, 15) is 9.59 Å². The number of benzene rings is 1. The molecule has 0 unspecified atom stereocenters. The molecule has 1 fully saturated rings. The normalized spacial score (nSPS) is 17.0. The molecule has 0 spiro atoms. The number of rotatable bonds is 6. The third-order valence-electron chi connectivity index (χ3n) is 4.55. The summed E-state index contributed by atoms with van der Waals surface area (Å²) in [5.41, 5.74) is 7.77. The zero-order valence-corrected chi connectivity index (χ0v) is 15.1. The quantitative estimate of drug-likeness (QED) is 0.858. The van der Waals surface area contributed by atoms with Crippen LogP contribution in [-0.4, -0.2) is 39.4 Å². The van der Waals surface area contributed by atoms with E-state index in [1.54, 1.807) is 6.07 Å². The average Bonchev–Trinajstić information content (AvgIpc) is 3.24. The van der Waals surface area contributed by atoms with Crippen molar-refractivity contribution < 1.29 is 9.59 Å². The van der Waals surface area contributed by atoms with Crippen molar-refractivity contribution in [2.24, 2.45) is 11.7 Å². The maximum Gasteiger partial charge on any atom is 0.267 e. The summed E-state index contributed by atoms with van der Waals surface area (Å²) in [5, 5.41) is 4.09. The van der Waals surface area contributed by atoms with E-state index < -0.39 is 5.91 Å². The summed E-state index contributed by atoms with van der Waals surface area (Å²) >= 11 is 1.19. The van der Waals surface area contributed by atoms with E-state index in [1.165, 1.54) is 11.5 Å². The number of carbonyl (C=O) groups excluding carboxylic acids is 2. The fourth-order valence-electron chi connectivity index (χ4n) is 3.28. The lowest BCUT2D eigenvalue weighted by atomic mass is 9.97. The Kier molecular flexibility index (Phi) is 5.43. The van der Waals surface area contributed by atoms with Crippen molar-refractivity contribution in [3.05, 3.63) is 46.0 Å². The second kappa shape index (κ2) is 7.74. The molecule has 1 saturated heterocycles. The van der Waals surface area contributed by atoms with Gasteiger partial charge in [0.15, 0.2) is 0 Å². The van der Waals surface area contributed by atoms with Gasteiger partial charge in [-0.25, -0.2) is 0 Å². The van der Waals surface area contributed by atoms with Gasteiger partial charge in [0, 0.05) is 18.7 Å². The van der Waals surface area contributed by atoms with Gasteiger partial charge in [-0.3, -0.25) is 9.59 Å². The van der Waals surface area contributed by atoms with E-state index in [4.69, 9.17) is 5.73 Å². The molecule has 1 aromatic heterocycles. The molecule has 0 radical (unpaired) electrons. The number of aryl methyl sites for hydroxylation is 1. The number of likely N-dealkylation sites (tertiary alicyclic amines) is 1. The molecule has 1 aliphatic heterocycles. The van der Waals surface area contributed by atoms with Crippen LogP contribution in [0, 0.1) is 5.92 Å². The molecular formula is C18H22N4O2S. The van der Waals surface area contributed by atoms with E-state index in [0.717, 1.165) is 50.0 Å². The highest BCUT2D eigenvalue weighted by atomic mass is 32.1. The minimum Gasteiger partial charge on any atom is -0.366 e. The number of aromatic nitrogens is 2. The van der Waals surface area contributed by atoms with Crippen LogP contribution in [0.4, 0.5) is 0 Å². The number of hydrogen-bond acceptors (Lipinski definition) is 5. The molecule has 2 amide bonds. The van der Waals surface area contributed by atoms with Crippen LogP contribution in [0.1, 0.15) is 51.1 Å². The first kappa shape index (κ1) is 17.5. The van der Waals surface area contributed by atoms with Gasteiger partial charge < -0.3 is 10.6 Å². The average molecular weight is 358 g/mol. The van der Waals surface area contributed by atoms with Gasteiger partial charge in [0.05, 0.1) is 5.69 Å². The van der Waals surface area contributed by atoms with Gasteiger partial charge >= 0.3 is 0 Å². The number of amides is 2. The van der Waals surface area contributed by atoms with Crippen LogP contribution in [0.15, 0.2) is 24.3 Å². The molecular weight excluding hydrogens is 336 g/mol. The van der Waals surface area contributed by atoms with Gasteiger partial charge in [0.25, 0.3) is 5.91 Å². The lowest BCUT2D eigenvalue weighted by Crippen LogP contribution is -2.29. The second-order valence-electron chi connectivity index (χ2n) is 6.47. The van der Waals surface area contributed by atoms with Crippen LogP contribution in [0.3, 0.4) is 0 Å². The highest BCUT2D eigenvalue weighted by Gasteiger charge is 2.29. The first-order valence-electron chi connectivity index (χ1n) is 8.57. The number of hydrogen-bond donors (Lipinski definition) is 1. The third-order valence-corrected chi connectivity index (χ3v) is 5.30. The summed E-state index contributed by atoms with van der Waals surface area (Å²) in [6.45, 7) is 3.55. The maximum atomic E-state index is 12.7. The molecule has 25 heavy (non-hydrogen) atoms. The number of nitrogens with two attached hydrogens (primary N) is 1. The molecule has 7 heteroatoms. The first-order valence-corrected chi connectivity index (χ1v) is 9.35. The summed E-state index contributed by atoms with van der Waals surface area (Å²) in [6, 6.07) is 7.43. The predicted molar refractivity (Wildman–Crippen MR) is 96.6 cm³/mol. The molecule has 2 heterocycles. The van der Waals surface area contributed by atoms with Crippen molar-refractivity contribution in [3.8, 4) is 0 Å². The largest absolute Gasteiger partial charge is 0.366 e. The smallest absolute Gasteiger partial charge is 0.267 e. The SMILES string of the molecule is CCCc1nnsc1C(=O)N1CC[C@H](Cc2cccc(C(N)=O)c2)C1. The Morgan fingerprint density at radius 1 is 1.40 bits per heavy atom. The van der Waals surface area contributed by atoms with Crippen molar-refractivity contribution in [2.45, 2.75) is 32.6 Å². The van der Waals surface area contributed by atoms with Gasteiger partial charge in [-0.2, -0.15) is 0 Å². The van der Waals surface area contributed by atoms with Crippen molar-refractivity contribution in [1.82, 2.24) is 14.5 Å². The fourth-order valence-corrected chi connectivity index (χ4v) is 3.96. The topological polar surface area (TPSA) is 89.2 Å². The molecule has 0 bridgehead atoms. The van der Waals surface area contributed by atoms with Crippen molar-refractivity contribution in [3.63, 3.8) is 0 Å². The summed E-state index contributed by atoms with van der Waals surface area (Å²) in [4.78, 5) is 26.6. The van der Waals surface area contributed by atoms with Gasteiger partial charge in [-0.1, -0.05) is 30.0 Å². The highest BCUT2D eigenvalue weighted by Crippen LogP contribution is 2.25. The van der Waals surface area contributed by atoms with Gasteiger partial charge in [-0.15, -0.1) is 5.10 Å². The molecule has 2 N–H and O–H groups in total. The summed E-state index contributed by atoms with van der Waals surface area (Å²) in [7, 11) is 0. The van der Waals surface area contributed by atoms with Gasteiger partial charge in [0.2, 0.25) is 5.91 Å². The second-order valence-corrected chi connectivity index (χ2v) is 7.23. The van der Waals surface area contributed by atoms with E-state index >= 15 is 0 Å². The minimum atomic E-state index is -0.411. The van der Waals surface area contributed by atoms with E-state index in [2.05, 4.69) is 16.5 Å². The molecule has 132 valence electrons. The Bertz CT molecular complexity index is 774. The number of primary amides is 1. The lowest BCUT2D eigenvalue weighted by molar-refractivity contribution is 0.0790. The van der Waals surface area contributed by atoms with Crippen LogP contribution < -0.4 is 5.73 Å².